The van der Waals surface area contributed by atoms with Gasteiger partial charge in [0, 0.05) is 27.0 Å². The molecule has 1 N–H and O–H groups in total. The summed E-state index contributed by atoms with van der Waals surface area (Å²) in [5.41, 5.74) is 1.73. The molecule has 0 saturated carbocycles. The lowest BCUT2D eigenvalue weighted by Gasteiger charge is -2.10. The molecule has 0 unspecified atom stereocenters. The highest BCUT2D eigenvalue weighted by Crippen LogP contribution is 2.24. The minimum absolute atomic E-state index is 0.177. The summed E-state index contributed by atoms with van der Waals surface area (Å²) < 4.78 is 0. The number of benzene rings is 1. The van der Waals surface area contributed by atoms with E-state index >= 15 is 0 Å². The Morgan fingerprint density at radius 3 is 2.24 bits per heavy atom. The van der Waals surface area contributed by atoms with Crippen LogP contribution in [0.15, 0.2) is 30.3 Å². The van der Waals surface area contributed by atoms with Gasteiger partial charge in [0.25, 0.3) is 5.91 Å². The molecule has 0 aliphatic carbocycles. The molecule has 0 bridgehead atoms. The first-order valence-electron chi connectivity index (χ1n) is 6.30. The Morgan fingerprint density at radius 2 is 1.67 bits per heavy atom. The highest BCUT2D eigenvalue weighted by Gasteiger charge is 2.12. The molecule has 1 heterocycles. The van der Waals surface area contributed by atoms with Crippen molar-refractivity contribution in [1.29, 1.82) is 0 Å². The van der Waals surface area contributed by atoms with Crippen LogP contribution < -0.4 is 5.32 Å². The number of nitrogens with zero attached hydrogens (tertiary/aromatic N) is 1. The van der Waals surface area contributed by atoms with Crippen LogP contribution in [0.5, 0.6) is 0 Å². The largest absolute Gasteiger partial charge is 0.322 e. The Hall–Kier alpha value is -1.29. The third kappa shape index (κ3) is 4.34. The summed E-state index contributed by atoms with van der Waals surface area (Å²) in [7, 11) is 0. The summed E-state index contributed by atoms with van der Waals surface area (Å²) in [5.74, 6) is -0.115. The number of aromatic nitrogens is 1. The summed E-state index contributed by atoms with van der Waals surface area (Å²) in [6.45, 7) is 3.97. The first-order valence-corrected chi connectivity index (χ1v) is 7.43. The maximum absolute atomic E-state index is 12.3. The third-order valence-corrected chi connectivity index (χ3v) is 3.42. The molecule has 0 atom stereocenters. The van der Waals surface area contributed by atoms with Crippen LogP contribution in [0.4, 0.5) is 5.69 Å². The normalized spacial score (nSPS) is 10.8. The number of anilines is 1. The maximum atomic E-state index is 12.3. The van der Waals surface area contributed by atoms with Gasteiger partial charge in [0.05, 0.1) is 0 Å². The van der Waals surface area contributed by atoms with Crippen molar-refractivity contribution in [3.05, 3.63) is 56.8 Å². The van der Waals surface area contributed by atoms with Crippen molar-refractivity contribution in [1.82, 2.24) is 4.98 Å². The quantitative estimate of drug-likeness (QED) is 0.756. The third-order valence-electron chi connectivity index (χ3n) is 2.79. The Bertz CT molecular complexity index is 666. The highest BCUT2D eigenvalue weighted by atomic mass is 35.5. The van der Waals surface area contributed by atoms with Gasteiger partial charge in [-0.05, 0) is 36.2 Å². The number of nitrogens with one attached hydrogen (secondary N) is 1. The Kier molecular flexibility index (Phi) is 5.09. The molecule has 3 nitrogen and oxygen atoms in total. The van der Waals surface area contributed by atoms with Crippen LogP contribution in [-0.4, -0.2) is 10.9 Å². The molecule has 0 aliphatic heterocycles. The fourth-order valence-corrected chi connectivity index (χ4v) is 2.51. The van der Waals surface area contributed by atoms with Crippen LogP contribution in [0.25, 0.3) is 0 Å². The molecule has 1 aromatic heterocycles. The molecule has 0 spiro atoms. The van der Waals surface area contributed by atoms with Gasteiger partial charge < -0.3 is 5.32 Å². The molecule has 2 rings (SSSR count). The number of carbonyl (C=O) groups excluding carboxylic acids is 1. The van der Waals surface area contributed by atoms with Crippen molar-refractivity contribution < 1.29 is 4.79 Å². The van der Waals surface area contributed by atoms with Gasteiger partial charge in [-0.3, -0.25) is 4.79 Å². The van der Waals surface area contributed by atoms with E-state index in [2.05, 4.69) is 10.3 Å². The van der Waals surface area contributed by atoms with E-state index in [9.17, 15) is 4.79 Å². The molecule has 0 fully saturated rings. The maximum Gasteiger partial charge on any atom is 0.255 e. The topological polar surface area (TPSA) is 42.0 Å². The monoisotopic (exact) mass is 342 g/mol. The molecule has 21 heavy (non-hydrogen) atoms. The van der Waals surface area contributed by atoms with Crippen molar-refractivity contribution >= 4 is 46.4 Å². The smallest absolute Gasteiger partial charge is 0.255 e. The van der Waals surface area contributed by atoms with E-state index in [4.69, 9.17) is 34.8 Å². The molecular formula is C15H13Cl3N2O. The van der Waals surface area contributed by atoms with E-state index in [-0.39, 0.29) is 17.0 Å². The molecule has 0 saturated heterocycles. The second-order valence-electron chi connectivity index (χ2n) is 4.87. The Morgan fingerprint density at radius 1 is 1.05 bits per heavy atom. The number of carbonyl (C=O) groups is 1. The van der Waals surface area contributed by atoms with Crippen LogP contribution in [0.3, 0.4) is 0 Å². The van der Waals surface area contributed by atoms with Gasteiger partial charge >= 0.3 is 0 Å². The first-order chi connectivity index (χ1) is 9.85. The van der Waals surface area contributed by atoms with Gasteiger partial charge in [-0.2, -0.15) is 0 Å². The number of hydrogen-bond donors (Lipinski definition) is 1. The molecule has 2 aromatic rings. The van der Waals surface area contributed by atoms with E-state index in [0.29, 0.717) is 21.3 Å². The van der Waals surface area contributed by atoms with E-state index in [0.717, 1.165) is 5.69 Å². The summed E-state index contributed by atoms with van der Waals surface area (Å²) in [6.07, 6.45) is 0. The molecule has 1 amide bonds. The predicted octanol–water partition coefficient (Wildman–Crippen LogP) is 5.42. The Labute approximate surface area is 138 Å². The van der Waals surface area contributed by atoms with Crippen molar-refractivity contribution in [2.75, 3.05) is 5.32 Å². The van der Waals surface area contributed by atoms with Gasteiger partial charge in [0.15, 0.2) is 0 Å². The fraction of sp³-hybridized carbons (Fsp3) is 0.200. The number of rotatable bonds is 3. The molecule has 0 radical (unpaired) electrons. The second kappa shape index (κ2) is 6.65. The Balaban J connectivity index is 2.28. The van der Waals surface area contributed by atoms with E-state index < -0.39 is 0 Å². The van der Waals surface area contributed by atoms with Crippen LogP contribution in [-0.2, 0) is 0 Å². The van der Waals surface area contributed by atoms with Crippen LogP contribution in [0.1, 0.15) is 35.8 Å². The second-order valence-corrected chi connectivity index (χ2v) is 6.13. The van der Waals surface area contributed by atoms with Crippen molar-refractivity contribution in [2.45, 2.75) is 19.8 Å². The number of halogens is 3. The molecule has 6 heteroatoms. The van der Waals surface area contributed by atoms with Crippen LogP contribution in [0.2, 0.25) is 15.2 Å². The fourth-order valence-electron chi connectivity index (χ4n) is 1.77. The van der Waals surface area contributed by atoms with Crippen LogP contribution >= 0.6 is 34.8 Å². The molecule has 110 valence electrons. The SMILES string of the molecule is CC(C)c1cc(C(=O)Nc2cc(Cl)cc(Cl)c2)cc(Cl)n1. The number of amides is 1. The zero-order valence-electron chi connectivity index (χ0n) is 11.5. The zero-order valence-corrected chi connectivity index (χ0v) is 13.7. The first kappa shape index (κ1) is 16.1. The zero-order chi connectivity index (χ0) is 15.6. The van der Waals surface area contributed by atoms with E-state index in [1.165, 1.54) is 6.07 Å². The summed E-state index contributed by atoms with van der Waals surface area (Å²) in [4.78, 5) is 16.5. The highest BCUT2D eigenvalue weighted by molar-refractivity contribution is 6.35. The van der Waals surface area contributed by atoms with Gasteiger partial charge in [0.1, 0.15) is 5.15 Å². The molecular weight excluding hydrogens is 331 g/mol. The van der Waals surface area contributed by atoms with Crippen molar-refractivity contribution in [2.24, 2.45) is 0 Å². The predicted molar refractivity (Wildman–Crippen MR) is 87.8 cm³/mol. The molecule has 1 aromatic carbocycles. The summed E-state index contributed by atoms with van der Waals surface area (Å²) >= 11 is 17.8. The lowest BCUT2D eigenvalue weighted by Crippen LogP contribution is -2.13. The average molecular weight is 344 g/mol. The standard InChI is InChI=1S/C15H13Cl3N2O/c1-8(2)13-3-9(4-14(18)20-13)15(21)19-12-6-10(16)5-11(17)7-12/h3-8H,1-2H3,(H,19,21). The summed E-state index contributed by atoms with van der Waals surface area (Å²) in [6, 6.07) is 8.08. The van der Waals surface area contributed by atoms with E-state index in [1.807, 2.05) is 13.8 Å². The number of pyridine rings is 1. The minimum Gasteiger partial charge on any atom is -0.322 e. The van der Waals surface area contributed by atoms with Gasteiger partial charge in [-0.25, -0.2) is 4.98 Å². The molecule has 0 aliphatic rings. The number of hydrogen-bond acceptors (Lipinski definition) is 2. The van der Waals surface area contributed by atoms with Crippen molar-refractivity contribution in [3.8, 4) is 0 Å². The van der Waals surface area contributed by atoms with Crippen LogP contribution in [0, 0.1) is 0 Å². The van der Waals surface area contributed by atoms with Gasteiger partial charge in [-0.15, -0.1) is 0 Å². The minimum atomic E-state index is -0.292. The summed E-state index contributed by atoms with van der Waals surface area (Å²) in [5, 5.41) is 3.93. The lowest BCUT2D eigenvalue weighted by atomic mass is 10.1. The van der Waals surface area contributed by atoms with Crippen molar-refractivity contribution in [3.63, 3.8) is 0 Å². The average Bonchev–Trinajstić information content (AvgIpc) is 2.36. The van der Waals surface area contributed by atoms with Gasteiger partial charge in [0.2, 0.25) is 0 Å². The lowest BCUT2D eigenvalue weighted by molar-refractivity contribution is 0.102. The van der Waals surface area contributed by atoms with E-state index in [1.54, 1.807) is 24.3 Å². The van der Waals surface area contributed by atoms with Gasteiger partial charge in [-0.1, -0.05) is 48.7 Å².